The number of hydrogen-bond acceptors (Lipinski definition) is 10. The molecule has 1 aliphatic rings. The number of benzene rings is 2. The average Bonchev–Trinajstić information content (AvgIpc) is 3.66. The van der Waals surface area contributed by atoms with Gasteiger partial charge in [0.1, 0.15) is 30.0 Å². The second kappa shape index (κ2) is 22.7. The molecule has 2 aromatic carbocycles. The van der Waals surface area contributed by atoms with Crippen LogP contribution in [0.2, 0.25) is 0 Å². The van der Waals surface area contributed by atoms with E-state index in [1.54, 1.807) is 41.2 Å². The molecule has 0 aliphatic carbocycles. The van der Waals surface area contributed by atoms with Crippen LogP contribution in [-0.4, -0.2) is 105 Å². The maximum atomic E-state index is 14.0. The second-order valence-electron chi connectivity index (χ2n) is 13.8. The Hall–Kier alpha value is -6.93. The minimum atomic E-state index is -1.60. The highest BCUT2D eigenvalue weighted by molar-refractivity contribution is 5.98. The van der Waals surface area contributed by atoms with Crippen molar-refractivity contribution in [2.45, 2.75) is 88.5 Å². The van der Waals surface area contributed by atoms with Gasteiger partial charge in [0.05, 0.1) is 18.7 Å². The van der Waals surface area contributed by atoms with Crippen molar-refractivity contribution in [3.05, 3.63) is 77.9 Å². The largest absolute Gasteiger partial charge is 0.481 e. The molecule has 3 aromatic rings. The van der Waals surface area contributed by atoms with E-state index >= 15 is 0 Å². The van der Waals surface area contributed by atoms with E-state index in [9.17, 15) is 43.1 Å². The number of aliphatic imine (C=N–C) groups is 1. The third-order valence-electron chi connectivity index (χ3n) is 9.03. The van der Waals surface area contributed by atoms with Crippen LogP contribution in [0.1, 0.15) is 56.2 Å². The molecule has 20 nitrogen and oxygen atoms in total. The first-order chi connectivity index (χ1) is 28.2. The van der Waals surface area contributed by atoms with E-state index in [0.29, 0.717) is 42.8 Å². The van der Waals surface area contributed by atoms with Crippen LogP contribution in [0, 0.1) is 5.82 Å². The van der Waals surface area contributed by atoms with Crippen LogP contribution >= 0.6 is 0 Å². The highest BCUT2D eigenvalue weighted by Gasteiger charge is 2.33. The molecule has 2 heterocycles. The number of guanidine groups is 1. The minimum absolute atomic E-state index is 0.0392. The van der Waals surface area contributed by atoms with E-state index in [1.165, 1.54) is 24.3 Å². The molecule has 4 rings (SSSR count). The summed E-state index contributed by atoms with van der Waals surface area (Å²) >= 11 is 0. The van der Waals surface area contributed by atoms with Gasteiger partial charge >= 0.3 is 5.97 Å². The molecular formula is C38H49FN12O8. The lowest BCUT2D eigenvalue weighted by Crippen LogP contribution is -2.58. The van der Waals surface area contributed by atoms with Gasteiger partial charge in [0.15, 0.2) is 5.96 Å². The Kier molecular flexibility index (Phi) is 17.2. The Morgan fingerprint density at radius 1 is 0.831 bits per heavy atom. The fourth-order valence-corrected chi connectivity index (χ4v) is 6.02. The maximum Gasteiger partial charge on any atom is 0.305 e. The number of carboxylic acid groups (broad SMARTS) is 1. The summed E-state index contributed by atoms with van der Waals surface area (Å²) < 4.78 is 14.7. The van der Waals surface area contributed by atoms with Crippen LogP contribution < -0.4 is 43.4 Å². The zero-order valence-electron chi connectivity index (χ0n) is 32.2. The van der Waals surface area contributed by atoms with E-state index in [1.807, 2.05) is 0 Å². The van der Waals surface area contributed by atoms with Crippen molar-refractivity contribution in [2.75, 3.05) is 18.4 Å². The normalized spacial score (nSPS) is 19.1. The number of aryl methyl sites for hydroxylation is 2. The van der Waals surface area contributed by atoms with Crippen LogP contribution in [0.4, 0.5) is 10.1 Å². The number of aliphatic carboxylic acids is 1. The van der Waals surface area contributed by atoms with Gasteiger partial charge in [-0.15, -0.1) is 5.10 Å². The van der Waals surface area contributed by atoms with Gasteiger partial charge in [-0.1, -0.05) is 35.5 Å². The predicted octanol–water partition coefficient (Wildman–Crippen LogP) is -1.00. The van der Waals surface area contributed by atoms with Crippen molar-refractivity contribution >= 4 is 53.1 Å². The number of carbonyl (C=O) groups excluding carboxylic acids is 6. The first kappa shape index (κ1) is 44.8. The molecule has 11 N–H and O–H groups in total. The Morgan fingerprint density at radius 3 is 2.17 bits per heavy atom. The third-order valence-corrected chi connectivity index (χ3v) is 9.03. The summed E-state index contributed by atoms with van der Waals surface area (Å²) in [7, 11) is 0. The summed E-state index contributed by atoms with van der Waals surface area (Å²) in [5.41, 5.74) is 12.5. The topological polar surface area (TPSA) is 307 Å². The van der Waals surface area contributed by atoms with Crippen molar-refractivity contribution < 1.29 is 43.1 Å². The molecule has 21 heteroatoms. The van der Waals surface area contributed by atoms with Crippen LogP contribution in [0.5, 0.6) is 0 Å². The number of rotatable bonds is 17. The molecule has 0 bridgehead atoms. The number of anilines is 1. The lowest BCUT2D eigenvalue weighted by atomic mass is 10.0. The SMILES string of the molecule is NC(N)=NCCC[C@@H]1NC(=O)[C@H](CCCCn2cc(CCC(=O)Nc3ccc(F)cc3)nn2)NC(=O)[C@H](Cc2ccccc2)NC(=O)[C@H](CC(=O)O)NC(=O)CNC1=O. The van der Waals surface area contributed by atoms with E-state index in [0.717, 1.165) is 0 Å². The maximum absolute atomic E-state index is 14.0. The van der Waals surface area contributed by atoms with Crippen LogP contribution in [-0.2, 0) is 52.9 Å². The number of nitrogens with two attached hydrogens (primary N) is 2. The molecule has 4 atom stereocenters. The lowest BCUT2D eigenvalue weighted by Gasteiger charge is -2.26. The second-order valence-corrected chi connectivity index (χ2v) is 13.8. The minimum Gasteiger partial charge on any atom is -0.481 e. The summed E-state index contributed by atoms with van der Waals surface area (Å²) in [6, 6.07) is 8.74. The number of carbonyl (C=O) groups is 7. The molecule has 1 saturated heterocycles. The number of nitrogens with one attached hydrogen (secondary N) is 6. The number of carboxylic acids is 1. The fraction of sp³-hybridized carbons (Fsp3) is 0.421. The zero-order chi connectivity index (χ0) is 42.7. The van der Waals surface area contributed by atoms with Gasteiger partial charge in [0.2, 0.25) is 35.4 Å². The van der Waals surface area contributed by atoms with E-state index in [-0.39, 0.29) is 50.5 Å². The van der Waals surface area contributed by atoms with Crippen LogP contribution in [0.3, 0.4) is 0 Å². The smallest absolute Gasteiger partial charge is 0.305 e. The Morgan fingerprint density at radius 2 is 1.47 bits per heavy atom. The number of halogens is 1. The zero-order valence-corrected chi connectivity index (χ0v) is 32.2. The van der Waals surface area contributed by atoms with Gasteiger partial charge in [-0.2, -0.15) is 0 Å². The molecule has 59 heavy (non-hydrogen) atoms. The Balaban J connectivity index is 1.49. The quantitative estimate of drug-likeness (QED) is 0.0450. The third kappa shape index (κ3) is 15.9. The molecule has 6 amide bonds. The summed E-state index contributed by atoms with van der Waals surface area (Å²) in [5.74, 6) is -6.35. The molecule has 0 spiro atoms. The van der Waals surface area contributed by atoms with E-state index < -0.39 is 78.5 Å². The number of hydrogen-bond donors (Lipinski definition) is 9. The molecule has 1 aliphatic heterocycles. The van der Waals surface area contributed by atoms with Crippen molar-refractivity contribution in [2.24, 2.45) is 16.5 Å². The summed E-state index contributed by atoms with van der Waals surface area (Å²) in [6.07, 6.45) is 2.42. The van der Waals surface area contributed by atoms with Crippen molar-refractivity contribution in [1.82, 2.24) is 41.6 Å². The highest BCUT2D eigenvalue weighted by atomic mass is 19.1. The van der Waals surface area contributed by atoms with Crippen LogP contribution in [0.25, 0.3) is 0 Å². The van der Waals surface area contributed by atoms with Crippen LogP contribution in [0.15, 0.2) is 65.8 Å². The average molecular weight is 821 g/mol. The summed E-state index contributed by atoms with van der Waals surface area (Å²) in [6.45, 7) is -0.156. The standard InChI is InChI=1S/C38H49FN12O8/c39-24-11-13-25(14-12-24)44-31(52)16-15-26-22-51(50-49-26)18-5-4-9-28-35(57)46-27(10-6-17-42-38(40)41)34(56)43-21-32(53)45-30(20-33(54)55)37(59)48-29(36(58)47-28)19-23-7-2-1-3-8-23/h1-3,7-8,11-14,22,27-30H,4-6,9-10,15-21H2,(H,43,56)(H,44,52)(H,45,53)(H,46,57)(H,47,58)(H,48,59)(H,54,55)(H4,40,41,42)/t27-,28-,29-,30-/m0/s1. The fourth-order valence-electron chi connectivity index (χ4n) is 6.02. The van der Waals surface area contributed by atoms with Crippen molar-refractivity contribution in [3.8, 4) is 0 Å². The molecule has 1 fully saturated rings. The van der Waals surface area contributed by atoms with Crippen molar-refractivity contribution in [1.29, 1.82) is 0 Å². The first-order valence-electron chi connectivity index (χ1n) is 19.0. The van der Waals surface area contributed by atoms with Crippen molar-refractivity contribution in [3.63, 3.8) is 0 Å². The number of nitrogens with zero attached hydrogens (tertiary/aromatic N) is 4. The van der Waals surface area contributed by atoms with Gasteiger partial charge < -0.3 is 48.5 Å². The van der Waals surface area contributed by atoms with Gasteiger partial charge in [-0.05, 0) is 61.9 Å². The number of amides is 6. The van der Waals surface area contributed by atoms with Gasteiger partial charge in [-0.25, -0.2) is 4.39 Å². The van der Waals surface area contributed by atoms with Gasteiger partial charge in [-0.3, -0.25) is 43.2 Å². The molecule has 1 aromatic heterocycles. The van der Waals surface area contributed by atoms with E-state index in [4.69, 9.17) is 11.5 Å². The van der Waals surface area contributed by atoms with E-state index in [2.05, 4.69) is 47.2 Å². The predicted molar refractivity (Wildman–Crippen MR) is 210 cm³/mol. The number of unbranched alkanes of at least 4 members (excludes halogenated alkanes) is 1. The Labute approximate surface area is 338 Å². The lowest BCUT2D eigenvalue weighted by molar-refractivity contribution is -0.141. The first-order valence-corrected chi connectivity index (χ1v) is 19.0. The highest BCUT2D eigenvalue weighted by Crippen LogP contribution is 2.12. The molecule has 0 saturated carbocycles. The Bertz CT molecular complexity index is 1960. The van der Waals surface area contributed by atoms with Gasteiger partial charge in [0.25, 0.3) is 0 Å². The molecular weight excluding hydrogens is 771 g/mol. The number of aromatic nitrogens is 3. The summed E-state index contributed by atoms with van der Waals surface area (Å²) in [4.78, 5) is 95.4. The summed E-state index contributed by atoms with van der Waals surface area (Å²) in [5, 5.41) is 33.1. The van der Waals surface area contributed by atoms with Gasteiger partial charge in [0, 0.05) is 44.2 Å². The monoisotopic (exact) mass is 820 g/mol. The molecule has 0 radical (unpaired) electrons. The molecule has 316 valence electrons. The molecule has 0 unspecified atom stereocenters.